The first-order valence-electron chi connectivity index (χ1n) is 7.94. The molecule has 0 radical (unpaired) electrons. The van der Waals surface area contributed by atoms with E-state index < -0.39 is 0 Å². The number of nitrogens with zero attached hydrogens (tertiary/aromatic N) is 4. The van der Waals surface area contributed by atoms with Crippen LogP contribution in [0.25, 0.3) is 0 Å². The van der Waals surface area contributed by atoms with Crippen molar-refractivity contribution >= 4 is 0 Å². The van der Waals surface area contributed by atoms with E-state index in [-0.39, 0.29) is 0 Å². The van der Waals surface area contributed by atoms with Crippen LogP contribution in [-0.4, -0.2) is 38.9 Å². The Morgan fingerprint density at radius 2 is 2.18 bits per heavy atom. The Hall–Kier alpha value is -1.72. The molecule has 2 aromatic heterocycles. The molecule has 118 valence electrons. The summed E-state index contributed by atoms with van der Waals surface area (Å²) in [5.74, 6) is 0.459. The van der Waals surface area contributed by atoms with Gasteiger partial charge in [0.25, 0.3) is 0 Å². The molecule has 0 saturated carbocycles. The summed E-state index contributed by atoms with van der Waals surface area (Å²) in [5.41, 5.74) is 2.42. The lowest BCUT2D eigenvalue weighted by Gasteiger charge is -2.27. The first-order valence-corrected chi connectivity index (χ1v) is 7.94. The zero-order valence-electron chi connectivity index (χ0n) is 13.4. The standard InChI is InChI=1S/C17H24N4O/c1-14(2)20-9-16(10-21-17(11-20)5-7-19-21)13-22-12-15-4-3-6-18-8-15/h3-8,14,16H,9-13H2,1-2H3. The predicted molar refractivity (Wildman–Crippen MR) is 85.2 cm³/mol. The smallest absolute Gasteiger partial charge is 0.0731 e. The molecule has 0 N–H and O–H groups in total. The molecule has 3 rings (SSSR count). The van der Waals surface area contributed by atoms with Gasteiger partial charge in [-0.3, -0.25) is 14.6 Å². The van der Waals surface area contributed by atoms with E-state index in [0.29, 0.717) is 18.6 Å². The molecule has 0 aromatic carbocycles. The van der Waals surface area contributed by atoms with Crippen molar-refractivity contribution in [1.29, 1.82) is 0 Å². The van der Waals surface area contributed by atoms with Crippen molar-refractivity contribution in [1.82, 2.24) is 19.7 Å². The van der Waals surface area contributed by atoms with Gasteiger partial charge < -0.3 is 4.74 Å². The van der Waals surface area contributed by atoms with Crippen LogP contribution in [0.5, 0.6) is 0 Å². The molecule has 5 heteroatoms. The van der Waals surface area contributed by atoms with E-state index in [1.165, 1.54) is 5.69 Å². The summed E-state index contributed by atoms with van der Waals surface area (Å²) in [6.45, 7) is 8.82. The highest BCUT2D eigenvalue weighted by Crippen LogP contribution is 2.18. The molecular weight excluding hydrogens is 276 g/mol. The van der Waals surface area contributed by atoms with E-state index in [1.54, 1.807) is 6.20 Å². The van der Waals surface area contributed by atoms with Crippen molar-refractivity contribution in [2.45, 2.75) is 39.6 Å². The highest BCUT2D eigenvalue weighted by atomic mass is 16.5. The van der Waals surface area contributed by atoms with Crippen molar-refractivity contribution in [3.8, 4) is 0 Å². The fourth-order valence-electron chi connectivity index (χ4n) is 2.89. The van der Waals surface area contributed by atoms with E-state index in [4.69, 9.17) is 4.74 Å². The summed E-state index contributed by atoms with van der Waals surface area (Å²) < 4.78 is 8.05. The van der Waals surface area contributed by atoms with Gasteiger partial charge in [0.2, 0.25) is 0 Å². The number of ether oxygens (including phenoxy) is 1. The molecule has 0 spiro atoms. The summed E-state index contributed by atoms with van der Waals surface area (Å²) in [7, 11) is 0. The van der Waals surface area contributed by atoms with E-state index >= 15 is 0 Å². The van der Waals surface area contributed by atoms with Crippen LogP contribution in [0, 0.1) is 5.92 Å². The quantitative estimate of drug-likeness (QED) is 0.850. The minimum Gasteiger partial charge on any atom is -0.376 e. The Morgan fingerprint density at radius 1 is 1.27 bits per heavy atom. The molecule has 0 fully saturated rings. The summed E-state index contributed by atoms with van der Waals surface area (Å²) in [6.07, 6.45) is 5.54. The van der Waals surface area contributed by atoms with Crippen molar-refractivity contribution < 1.29 is 4.74 Å². The van der Waals surface area contributed by atoms with E-state index in [1.807, 2.05) is 24.5 Å². The number of hydrogen-bond acceptors (Lipinski definition) is 4. The average Bonchev–Trinajstić information content (AvgIpc) is 2.87. The predicted octanol–water partition coefficient (Wildman–Crippen LogP) is 2.34. The van der Waals surface area contributed by atoms with E-state index in [0.717, 1.165) is 31.8 Å². The molecule has 0 saturated heterocycles. The average molecular weight is 300 g/mol. The lowest BCUT2D eigenvalue weighted by molar-refractivity contribution is 0.0615. The van der Waals surface area contributed by atoms with Crippen LogP contribution in [0.1, 0.15) is 25.1 Å². The van der Waals surface area contributed by atoms with Crippen LogP contribution in [0.15, 0.2) is 36.8 Å². The van der Waals surface area contributed by atoms with Crippen molar-refractivity contribution in [2.24, 2.45) is 5.92 Å². The zero-order valence-corrected chi connectivity index (χ0v) is 13.4. The van der Waals surface area contributed by atoms with Crippen LogP contribution < -0.4 is 0 Å². The second-order valence-corrected chi connectivity index (χ2v) is 6.27. The van der Waals surface area contributed by atoms with Gasteiger partial charge in [-0.2, -0.15) is 5.10 Å². The largest absolute Gasteiger partial charge is 0.376 e. The SMILES string of the molecule is CC(C)N1Cc2ccnn2CC(COCc2cccnc2)C1. The summed E-state index contributed by atoms with van der Waals surface area (Å²) in [6, 6.07) is 6.64. The molecule has 1 aliphatic rings. The second-order valence-electron chi connectivity index (χ2n) is 6.27. The van der Waals surface area contributed by atoms with Gasteiger partial charge in [-0.25, -0.2) is 0 Å². The molecule has 1 unspecified atom stereocenters. The van der Waals surface area contributed by atoms with Gasteiger partial charge in [0.1, 0.15) is 0 Å². The molecule has 0 aliphatic carbocycles. The molecule has 22 heavy (non-hydrogen) atoms. The number of fused-ring (bicyclic) bond motifs is 1. The van der Waals surface area contributed by atoms with Gasteiger partial charge in [-0.05, 0) is 31.5 Å². The van der Waals surface area contributed by atoms with Crippen molar-refractivity contribution in [2.75, 3.05) is 13.2 Å². The first-order chi connectivity index (χ1) is 10.7. The van der Waals surface area contributed by atoms with E-state index in [9.17, 15) is 0 Å². The summed E-state index contributed by atoms with van der Waals surface area (Å²) in [4.78, 5) is 6.62. The Labute approximate surface area is 131 Å². The number of aromatic nitrogens is 3. The monoisotopic (exact) mass is 300 g/mol. The van der Waals surface area contributed by atoms with Gasteiger partial charge in [-0.1, -0.05) is 6.07 Å². The Kier molecular flexibility index (Phi) is 4.85. The van der Waals surface area contributed by atoms with E-state index in [2.05, 4.69) is 39.6 Å². The lowest BCUT2D eigenvalue weighted by Crippen LogP contribution is -2.35. The molecule has 2 aromatic rings. The molecule has 0 bridgehead atoms. The first kappa shape index (κ1) is 15.2. The highest BCUT2D eigenvalue weighted by molar-refractivity contribution is 5.06. The minimum atomic E-state index is 0.459. The Balaban J connectivity index is 1.60. The maximum absolute atomic E-state index is 5.93. The van der Waals surface area contributed by atoms with Crippen LogP contribution in [-0.2, 0) is 24.4 Å². The Morgan fingerprint density at radius 3 is 2.95 bits per heavy atom. The molecule has 5 nitrogen and oxygen atoms in total. The van der Waals surface area contributed by atoms with Crippen LogP contribution in [0.2, 0.25) is 0 Å². The Bertz CT molecular complexity index is 581. The topological polar surface area (TPSA) is 43.2 Å². The van der Waals surface area contributed by atoms with Crippen LogP contribution in [0.3, 0.4) is 0 Å². The molecule has 3 heterocycles. The lowest BCUT2D eigenvalue weighted by atomic mass is 10.1. The van der Waals surface area contributed by atoms with Crippen molar-refractivity contribution in [3.05, 3.63) is 48.0 Å². The maximum atomic E-state index is 5.93. The number of hydrogen-bond donors (Lipinski definition) is 0. The molecule has 0 amide bonds. The van der Waals surface area contributed by atoms with Gasteiger partial charge in [0, 0.05) is 50.2 Å². The number of pyridine rings is 1. The fraction of sp³-hybridized carbons (Fsp3) is 0.529. The zero-order chi connectivity index (χ0) is 15.4. The normalized spacial score (nSPS) is 19.1. The molecule has 1 atom stereocenters. The second kappa shape index (κ2) is 7.03. The van der Waals surface area contributed by atoms with Crippen molar-refractivity contribution in [3.63, 3.8) is 0 Å². The number of rotatable bonds is 5. The fourth-order valence-corrected chi connectivity index (χ4v) is 2.89. The molecule has 1 aliphatic heterocycles. The third-order valence-corrected chi connectivity index (χ3v) is 4.17. The van der Waals surface area contributed by atoms with Gasteiger partial charge in [0.05, 0.1) is 18.9 Å². The third-order valence-electron chi connectivity index (χ3n) is 4.17. The minimum absolute atomic E-state index is 0.459. The van der Waals surface area contributed by atoms with Crippen LogP contribution >= 0.6 is 0 Å². The van der Waals surface area contributed by atoms with Crippen LogP contribution in [0.4, 0.5) is 0 Å². The van der Waals surface area contributed by atoms with Gasteiger partial charge in [0.15, 0.2) is 0 Å². The summed E-state index contributed by atoms with van der Waals surface area (Å²) >= 11 is 0. The third kappa shape index (κ3) is 3.72. The molecular formula is C17H24N4O. The summed E-state index contributed by atoms with van der Waals surface area (Å²) in [5, 5.41) is 4.45. The van der Waals surface area contributed by atoms with Gasteiger partial charge in [-0.15, -0.1) is 0 Å². The van der Waals surface area contributed by atoms with Gasteiger partial charge >= 0.3 is 0 Å². The highest BCUT2D eigenvalue weighted by Gasteiger charge is 2.23. The maximum Gasteiger partial charge on any atom is 0.0731 e.